The van der Waals surface area contributed by atoms with Gasteiger partial charge in [0.2, 0.25) is 0 Å². The van der Waals surface area contributed by atoms with E-state index >= 15 is 0 Å². The molecule has 17 heavy (non-hydrogen) atoms. The predicted molar refractivity (Wildman–Crippen MR) is 63.4 cm³/mol. The molecule has 1 fully saturated rings. The molecule has 1 aromatic rings. The maximum absolute atomic E-state index is 13.6. The van der Waals surface area contributed by atoms with Crippen molar-refractivity contribution in [3.05, 3.63) is 29.8 Å². The molecule has 0 amide bonds. The van der Waals surface area contributed by atoms with Gasteiger partial charge in [0.1, 0.15) is 0 Å². The number of Topliss-reactive ketones (excluding diaryl/α,β-unsaturated/α-hetero) is 1. The molecule has 0 bridgehead atoms. The number of pyridine rings is 1. The molecule has 1 aliphatic rings. The second-order valence-corrected chi connectivity index (χ2v) is 4.55. The van der Waals surface area contributed by atoms with Crippen molar-refractivity contribution in [3.8, 4) is 0 Å². The highest BCUT2D eigenvalue weighted by molar-refractivity contribution is 6.03. The molecule has 0 radical (unpaired) electrons. The van der Waals surface area contributed by atoms with Gasteiger partial charge in [0, 0.05) is 6.20 Å². The molecule has 1 unspecified atom stereocenters. The van der Waals surface area contributed by atoms with Crippen LogP contribution in [0, 0.1) is 5.82 Å². The summed E-state index contributed by atoms with van der Waals surface area (Å²) in [5.74, 6) is -0.654. The van der Waals surface area contributed by atoms with E-state index in [1.807, 2.05) is 6.92 Å². The van der Waals surface area contributed by atoms with Crippen LogP contribution in [-0.4, -0.2) is 22.9 Å². The van der Waals surface area contributed by atoms with E-state index < -0.39 is 11.4 Å². The summed E-state index contributed by atoms with van der Waals surface area (Å²) in [6, 6.07) is 1.47. The fraction of sp³-hybridized carbons (Fsp3) is 0.538. The molecule has 0 aromatic carbocycles. The van der Waals surface area contributed by atoms with E-state index in [-0.39, 0.29) is 11.3 Å². The van der Waals surface area contributed by atoms with Crippen molar-refractivity contribution in [1.82, 2.24) is 10.3 Å². The van der Waals surface area contributed by atoms with Gasteiger partial charge in [-0.15, -0.1) is 0 Å². The molecular weight excluding hydrogens is 219 g/mol. The molecular formula is C13H17FN2O. The van der Waals surface area contributed by atoms with Crippen LogP contribution in [0.15, 0.2) is 18.5 Å². The van der Waals surface area contributed by atoms with Crippen LogP contribution in [0.3, 0.4) is 0 Å². The minimum Gasteiger partial charge on any atom is -0.305 e. The van der Waals surface area contributed by atoms with Gasteiger partial charge >= 0.3 is 0 Å². The molecule has 1 saturated heterocycles. The smallest absolute Gasteiger partial charge is 0.185 e. The maximum Gasteiger partial charge on any atom is 0.185 e. The standard InChI is InChI=1S/C13H17FN2O/c1-2-5-13(6-3-7-16-13)12(17)10-4-8-15-9-11(10)14/h4,8-9,16H,2-3,5-7H2,1H3. The zero-order valence-electron chi connectivity index (χ0n) is 10.0. The number of hydrogen-bond acceptors (Lipinski definition) is 3. The summed E-state index contributed by atoms with van der Waals surface area (Å²) in [5.41, 5.74) is -0.403. The fourth-order valence-electron chi connectivity index (χ4n) is 2.57. The third kappa shape index (κ3) is 2.22. The topological polar surface area (TPSA) is 42.0 Å². The van der Waals surface area contributed by atoms with Gasteiger partial charge in [0.15, 0.2) is 11.6 Å². The number of ketones is 1. The Balaban J connectivity index is 2.32. The summed E-state index contributed by atoms with van der Waals surface area (Å²) >= 11 is 0. The van der Waals surface area contributed by atoms with E-state index in [2.05, 4.69) is 10.3 Å². The lowest BCUT2D eigenvalue weighted by molar-refractivity contribution is 0.0853. The molecule has 0 aliphatic carbocycles. The Labute approximate surface area is 100 Å². The zero-order valence-corrected chi connectivity index (χ0v) is 10.0. The van der Waals surface area contributed by atoms with Gasteiger partial charge in [0.05, 0.1) is 17.3 Å². The average Bonchev–Trinajstić information content (AvgIpc) is 2.79. The highest BCUT2D eigenvalue weighted by Crippen LogP contribution is 2.29. The molecule has 0 saturated carbocycles. The van der Waals surface area contributed by atoms with Gasteiger partial charge in [-0.3, -0.25) is 9.78 Å². The molecule has 4 heteroatoms. The van der Waals surface area contributed by atoms with Crippen molar-refractivity contribution in [1.29, 1.82) is 0 Å². The third-order valence-corrected chi connectivity index (χ3v) is 3.37. The van der Waals surface area contributed by atoms with Crippen molar-refractivity contribution in [2.24, 2.45) is 0 Å². The van der Waals surface area contributed by atoms with Crippen LogP contribution in [0.1, 0.15) is 43.0 Å². The van der Waals surface area contributed by atoms with E-state index in [1.165, 1.54) is 12.3 Å². The number of halogens is 1. The van der Waals surface area contributed by atoms with Crippen molar-refractivity contribution in [2.75, 3.05) is 6.54 Å². The first-order valence-corrected chi connectivity index (χ1v) is 6.09. The number of nitrogens with zero attached hydrogens (tertiary/aromatic N) is 1. The van der Waals surface area contributed by atoms with E-state index in [1.54, 1.807) is 0 Å². The number of rotatable bonds is 4. The van der Waals surface area contributed by atoms with Crippen molar-refractivity contribution < 1.29 is 9.18 Å². The van der Waals surface area contributed by atoms with Crippen LogP contribution in [0.4, 0.5) is 4.39 Å². The van der Waals surface area contributed by atoms with Crippen molar-refractivity contribution >= 4 is 5.78 Å². The second-order valence-electron chi connectivity index (χ2n) is 4.55. The summed E-state index contributed by atoms with van der Waals surface area (Å²) in [7, 11) is 0. The van der Waals surface area contributed by atoms with E-state index in [0.717, 1.165) is 38.4 Å². The first-order chi connectivity index (χ1) is 8.19. The van der Waals surface area contributed by atoms with Gasteiger partial charge < -0.3 is 5.32 Å². The van der Waals surface area contributed by atoms with Crippen LogP contribution in [-0.2, 0) is 0 Å². The molecule has 92 valence electrons. The van der Waals surface area contributed by atoms with Crippen molar-refractivity contribution in [3.63, 3.8) is 0 Å². The lowest BCUT2D eigenvalue weighted by Gasteiger charge is -2.27. The number of nitrogens with one attached hydrogen (secondary N) is 1. The fourth-order valence-corrected chi connectivity index (χ4v) is 2.57. The van der Waals surface area contributed by atoms with Gasteiger partial charge in [-0.1, -0.05) is 13.3 Å². The highest BCUT2D eigenvalue weighted by Gasteiger charge is 2.41. The number of hydrogen-bond donors (Lipinski definition) is 1. The molecule has 1 atom stereocenters. The molecule has 0 spiro atoms. The first kappa shape index (κ1) is 12.2. The summed E-state index contributed by atoms with van der Waals surface area (Å²) in [6.07, 6.45) is 5.99. The predicted octanol–water partition coefficient (Wildman–Crippen LogP) is 2.33. The SMILES string of the molecule is CCCC1(C(=O)c2ccncc2F)CCCN1. The second kappa shape index (κ2) is 4.92. The van der Waals surface area contributed by atoms with Crippen LogP contribution in [0.25, 0.3) is 0 Å². The Kier molecular flexibility index (Phi) is 3.52. The lowest BCUT2D eigenvalue weighted by Crippen LogP contribution is -2.47. The minimum atomic E-state index is -0.559. The average molecular weight is 236 g/mol. The highest BCUT2D eigenvalue weighted by atomic mass is 19.1. The summed E-state index contributed by atoms with van der Waals surface area (Å²) in [5, 5.41) is 3.26. The van der Waals surface area contributed by atoms with E-state index in [0.29, 0.717) is 0 Å². The first-order valence-electron chi connectivity index (χ1n) is 6.09. The summed E-state index contributed by atoms with van der Waals surface area (Å²) in [4.78, 5) is 16.1. The molecule has 1 aliphatic heterocycles. The quantitative estimate of drug-likeness (QED) is 0.816. The number of carbonyl (C=O) groups is 1. The van der Waals surface area contributed by atoms with Gasteiger partial charge in [-0.05, 0) is 31.9 Å². The van der Waals surface area contributed by atoms with E-state index in [4.69, 9.17) is 0 Å². The minimum absolute atomic E-state index is 0.128. The van der Waals surface area contributed by atoms with Crippen molar-refractivity contribution in [2.45, 2.75) is 38.1 Å². The molecule has 1 N–H and O–H groups in total. The normalized spacial score (nSPS) is 23.9. The van der Waals surface area contributed by atoms with Gasteiger partial charge in [0.25, 0.3) is 0 Å². The zero-order chi connectivity index (χ0) is 12.3. The van der Waals surface area contributed by atoms with E-state index in [9.17, 15) is 9.18 Å². The van der Waals surface area contributed by atoms with Crippen LogP contribution in [0.2, 0.25) is 0 Å². The molecule has 2 rings (SSSR count). The Hall–Kier alpha value is -1.29. The van der Waals surface area contributed by atoms with Crippen LogP contribution in [0.5, 0.6) is 0 Å². The number of aromatic nitrogens is 1. The maximum atomic E-state index is 13.6. The Bertz CT molecular complexity index is 414. The van der Waals surface area contributed by atoms with Gasteiger partial charge in [-0.2, -0.15) is 0 Å². The molecule has 2 heterocycles. The van der Waals surface area contributed by atoms with Crippen LogP contribution < -0.4 is 5.32 Å². The summed E-state index contributed by atoms with van der Waals surface area (Å²) in [6.45, 7) is 2.87. The Morgan fingerprint density at radius 1 is 1.65 bits per heavy atom. The third-order valence-electron chi connectivity index (χ3n) is 3.37. The lowest BCUT2D eigenvalue weighted by atomic mass is 9.84. The largest absolute Gasteiger partial charge is 0.305 e. The van der Waals surface area contributed by atoms with Gasteiger partial charge in [-0.25, -0.2) is 4.39 Å². The Morgan fingerprint density at radius 2 is 2.47 bits per heavy atom. The number of carbonyl (C=O) groups excluding carboxylic acids is 1. The molecule has 3 nitrogen and oxygen atoms in total. The Morgan fingerprint density at radius 3 is 3.06 bits per heavy atom. The monoisotopic (exact) mass is 236 g/mol. The van der Waals surface area contributed by atoms with Crippen LogP contribution >= 0.6 is 0 Å². The molecule has 1 aromatic heterocycles. The summed E-state index contributed by atoms with van der Waals surface area (Å²) < 4.78 is 13.6.